The first-order valence-corrected chi connectivity index (χ1v) is 9.10. The van der Waals surface area contributed by atoms with Crippen LogP contribution in [0.4, 0.5) is 0 Å². The number of aryl methyl sites for hydroxylation is 1. The van der Waals surface area contributed by atoms with E-state index in [9.17, 15) is 0 Å². The van der Waals surface area contributed by atoms with Gasteiger partial charge in [0, 0.05) is 42.3 Å². The molecule has 0 radical (unpaired) electrons. The highest BCUT2D eigenvalue weighted by Gasteiger charge is 2.18. The SMILES string of the molecule is CCCn1nnnc1CN1CC=C(c2c[nH]c3ccc(OC)cc23)CC1. The number of aromatic nitrogens is 5. The van der Waals surface area contributed by atoms with Crippen LogP contribution in [0.3, 0.4) is 0 Å². The van der Waals surface area contributed by atoms with Gasteiger partial charge in [-0.1, -0.05) is 13.0 Å². The molecule has 3 aromatic rings. The van der Waals surface area contributed by atoms with Gasteiger partial charge in [-0.25, -0.2) is 4.68 Å². The van der Waals surface area contributed by atoms with Gasteiger partial charge in [-0.05, 0) is 47.0 Å². The molecule has 7 heteroatoms. The van der Waals surface area contributed by atoms with Gasteiger partial charge in [0.05, 0.1) is 13.7 Å². The van der Waals surface area contributed by atoms with E-state index in [0.29, 0.717) is 0 Å². The smallest absolute Gasteiger partial charge is 0.165 e. The average molecular weight is 352 g/mol. The molecule has 0 saturated carbocycles. The van der Waals surface area contributed by atoms with Crippen LogP contribution >= 0.6 is 0 Å². The maximum absolute atomic E-state index is 5.38. The van der Waals surface area contributed by atoms with Gasteiger partial charge in [-0.2, -0.15) is 0 Å². The van der Waals surface area contributed by atoms with E-state index in [-0.39, 0.29) is 0 Å². The molecule has 1 aromatic carbocycles. The molecule has 0 fully saturated rings. The molecule has 0 saturated heterocycles. The van der Waals surface area contributed by atoms with Crippen molar-refractivity contribution in [3.63, 3.8) is 0 Å². The van der Waals surface area contributed by atoms with Crippen molar-refractivity contribution in [2.45, 2.75) is 32.9 Å². The lowest BCUT2D eigenvalue weighted by atomic mass is 9.99. The second-order valence-electron chi connectivity index (χ2n) is 6.65. The molecule has 0 amide bonds. The maximum atomic E-state index is 5.38. The van der Waals surface area contributed by atoms with E-state index in [1.807, 2.05) is 10.7 Å². The Bertz CT molecular complexity index is 925. The minimum Gasteiger partial charge on any atom is -0.497 e. The largest absolute Gasteiger partial charge is 0.497 e. The molecule has 0 unspecified atom stereocenters. The van der Waals surface area contributed by atoms with Crippen LogP contribution in [0.15, 0.2) is 30.5 Å². The van der Waals surface area contributed by atoms with E-state index in [4.69, 9.17) is 4.74 Å². The molecule has 136 valence electrons. The molecule has 0 spiro atoms. The number of nitrogens with zero attached hydrogens (tertiary/aromatic N) is 5. The van der Waals surface area contributed by atoms with Gasteiger partial charge in [0.2, 0.25) is 0 Å². The molecule has 0 bridgehead atoms. The van der Waals surface area contributed by atoms with E-state index in [1.165, 1.54) is 16.5 Å². The average Bonchev–Trinajstić information content (AvgIpc) is 3.29. The highest BCUT2D eigenvalue weighted by molar-refractivity contribution is 5.93. The molecule has 7 nitrogen and oxygen atoms in total. The van der Waals surface area contributed by atoms with Crippen LogP contribution in [0.1, 0.15) is 31.2 Å². The van der Waals surface area contributed by atoms with Crippen LogP contribution < -0.4 is 4.74 Å². The highest BCUT2D eigenvalue weighted by Crippen LogP contribution is 2.31. The number of aromatic amines is 1. The van der Waals surface area contributed by atoms with Crippen LogP contribution in [0.5, 0.6) is 5.75 Å². The number of nitrogens with one attached hydrogen (secondary N) is 1. The van der Waals surface area contributed by atoms with Gasteiger partial charge in [0.15, 0.2) is 5.82 Å². The van der Waals surface area contributed by atoms with Gasteiger partial charge in [-0.3, -0.25) is 4.90 Å². The quantitative estimate of drug-likeness (QED) is 0.738. The third kappa shape index (κ3) is 3.22. The standard InChI is InChI=1S/C19H24N6O/c1-3-8-25-19(21-22-23-25)13-24-9-6-14(7-10-24)17-12-20-18-5-4-15(26-2)11-16(17)18/h4-6,11-12,20H,3,7-10,13H2,1-2H3. The van der Waals surface area contributed by atoms with Gasteiger partial charge in [0.1, 0.15) is 5.75 Å². The summed E-state index contributed by atoms with van der Waals surface area (Å²) in [5, 5.41) is 13.3. The van der Waals surface area contributed by atoms with Gasteiger partial charge in [-0.15, -0.1) is 5.10 Å². The fraction of sp³-hybridized carbons (Fsp3) is 0.421. The summed E-state index contributed by atoms with van der Waals surface area (Å²) in [6, 6.07) is 6.16. The van der Waals surface area contributed by atoms with Gasteiger partial charge >= 0.3 is 0 Å². The van der Waals surface area contributed by atoms with Gasteiger partial charge in [0.25, 0.3) is 0 Å². The summed E-state index contributed by atoms with van der Waals surface area (Å²) in [6.07, 6.45) is 6.47. The molecular weight excluding hydrogens is 328 g/mol. The molecule has 2 aromatic heterocycles. The molecule has 1 N–H and O–H groups in total. The third-order valence-electron chi connectivity index (χ3n) is 4.93. The first-order chi connectivity index (χ1) is 12.8. The van der Waals surface area contributed by atoms with Crippen molar-refractivity contribution in [3.05, 3.63) is 41.9 Å². The molecule has 0 aliphatic carbocycles. The topological polar surface area (TPSA) is 71.9 Å². The molecule has 1 aliphatic rings. The second-order valence-corrected chi connectivity index (χ2v) is 6.65. The van der Waals surface area contributed by atoms with Crippen LogP contribution in [0.25, 0.3) is 16.5 Å². The number of tetrazole rings is 1. The van der Waals surface area contributed by atoms with Crippen LogP contribution in [-0.2, 0) is 13.1 Å². The van der Waals surface area contributed by atoms with Crippen molar-refractivity contribution in [1.82, 2.24) is 30.1 Å². The maximum Gasteiger partial charge on any atom is 0.165 e. The van der Waals surface area contributed by atoms with Crippen LogP contribution in [0.2, 0.25) is 0 Å². The minimum atomic E-state index is 0.790. The number of ether oxygens (including phenoxy) is 1. The lowest BCUT2D eigenvalue weighted by Crippen LogP contribution is -2.29. The zero-order valence-corrected chi connectivity index (χ0v) is 15.3. The van der Waals surface area contributed by atoms with Crippen molar-refractivity contribution in [2.75, 3.05) is 20.2 Å². The zero-order valence-electron chi connectivity index (χ0n) is 15.3. The van der Waals surface area contributed by atoms with Crippen molar-refractivity contribution in [2.24, 2.45) is 0 Å². The Morgan fingerprint density at radius 1 is 1.31 bits per heavy atom. The lowest BCUT2D eigenvalue weighted by molar-refractivity contribution is 0.279. The number of methoxy groups -OCH3 is 1. The van der Waals surface area contributed by atoms with Crippen LogP contribution in [0, 0.1) is 0 Å². The second kappa shape index (κ2) is 7.29. The molecule has 0 atom stereocenters. The normalized spacial score (nSPS) is 15.4. The van der Waals surface area contributed by atoms with Gasteiger partial charge < -0.3 is 9.72 Å². The van der Waals surface area contributed by atoms with E-state index in [1.54, 1.807) is 7.11 Å². The Morgan fingerprint density at radius 2 is 2.23 bits per heavy atom. The Kier molecular flexibility index (Phi) is 4.71. The van der Waals surface area contributed by atoms with E-state index in [0.717, 1.165) is 56.1 Å². The summed E-state index contributed by atoms with van der Waals surface area (Å²) in [5.41, 5.74) is 3.80. The Labute approximate surface area is 152 Å². The number of hydrogen-bond acceptors (Lipinski definition) is 5. The summed E-state index contributed by atoms with van der Waals surface area (Å²) < 4.78 is 7.29. The Hall–Kier alpha value is -2.67. The molecule has 1 aliphatic heterocycles. The predicted molar refractivity (Wildman–Crippen MR) is 101 cm³/mol. The first kappa shape index (κ1) is 16.8. The lowest BCUT2D eigenvalue weighted by Gasteiger charge is -2.25. The molecule has 26 heavy (non-hydrogen) atoms. The fourth-order valence-corrected chi connectivity index (χ4v) is 3.51. The van der Waals surface area contributed by atoms with Crippen molar-refractivity contribution >= 4 is 16.5 Å². The number of H-pyrrole nitrogens is 1. The predicted octanol–water partition coefficient (Wildman–Crippen LogP) is 2.86. The first-order valence-electron chi connectivity index (χ1n) is 9.10. The van der Waals surface area contributed by atoms with Crippen molar-refractivity contribution in [3.8, 4) is 5.75 Å². The Morgan fingerprint density at radius 3 is 3.00 bits per heavy atom. The monoisotopic (exact) mass is 352 g/mol. The van der Waals surface area contributed by atoms with Crippen LogP contribution in [-0.4, -0.2) is 50.3 Å². The molecule has 4 rings (SSSR count). The number of benzene rings is 1. The van der Waals surface area contributed by atoms with E-state index in [2.05, 4.69) is 56.7 Å². The van der Waals surface area contributed by atoms with E-state index < -0.39 is 0 Å². The highest BCUT2D eigenvalue weighted by atomic mass is 16.5. The number of rotatable bonds is 6. The summed E-state index contributed by atoms with van der Waals surface area (Å²) in [5.74, 6) is 1.83. The molecule has 3 heterocycles. The summed E-state index contributed by atoms with van der Waals surface area (Å²) in [6.45, 7) is 5.71. The van der Waals surface area contributed by atoms with E-state index >= 15 is 0 Å². The summed E-state index contributed by atoms with van der Waals surface area (Å²) in [7, 11) is 1.71. The molecular formula is C19H24N6O. The fourth-order valence-electron chi connectivity index (χ4n) is 3.51. The van der Waals surface area contributed by atoms with Crippen molar-refractivity contribution < 1.29 is 4.74 Å². The number of hydrogen-bond donors (Lipinski definition) is 1. The summed E-state index contributed by atoms with van der Waals surface area (Å²) >= 11 is 0. The number of fused-ring (bicyclic) bond motifs is 1. The third-order valence-corrected chi connectivity index (χ3v) is 4.93. The Balaban J connectivity index is 1.50. The minimum absolute atomic E-state index is 0.790. The summed E-state index contributed by atoms with van der Waals surface area (Å²) in [4.78, 5) is 5.75. The zero-order chi connectivity index (χ0) is 17.9. The van der Waals surface area contributed by atoms with Crippen molar-refractivity contribution in [1.29, 1.82) is 0 Å².